The molecule has 0 aliphatic rings. The van der Waals surface area contributed by atoms with E-state index in [1.165, 1.54) is 7.11 Å². The van der Waals surface area contributed by atoms with Crippen LogP contribution in [0.2, 0.25) is 5.02 Å². The molecule has 20 heavy (non-hydrogen) atoms. The Morgan fingerprint density at radius 2 is 1.85 bits per heavy atom. The average molecular weight is 291 g/mol. The zero-order valence-electron chi connectivity index (χ0n) is 11.4. The van der Waals surface area contributed by atoms with E-state index in [1.54, 1.807) is 37.4 Å². The van der Waals surface area contributed by atoms with Gasteiger partial charge in [-0.05, 0) is 29.8 Å². The number of para-hydroxylation sites is 1. The summed E-state index contributed by atoms with van der Waals surface area (Å²) in [7, 11) is 3.07. The molecule has 0 N–H and O–H groups in total. The van der Waals surface area contributed by atoms with Gasteiger partial charge in [0.05, 0.1) is 19.8 Å². The fourth-order valence-corrected chi connectivity index (χ4v) is 2.25. The molecule has 0 aliphatic carbocycles. The van der Waals surface area contributed by atoms with Crippen LogP contribution >= 0.6 is 11.6 Å². The molecule has 0 heterocycles. The van der Waals surface area contributed by atoms with Crippen molar-refractivity contribution in [3.05, 3.63) is 58.6 Å². The van der Waals surface area contributed by atoms with Crippen molar-refractivity contribution in [2.45, 2.75) is 6.42 Å². The number of hydrogen-bond acceptors (Lipinski definition) is 3. The van der Waals surface area contributed by atoms with E-state index in [9.17, 15) is 4.79 Å². The van der Waals surface area contributed by atoms with Gasteiger partial charge in [-0.3, -0.25) is 4.79 Å². The van der Waals surface area contributed by atoms with Crippen molar-refractivity contribution in [3.8, 4) is 11.5 Å². The van der Waals surface area contributed by atoms with Crippen molar-refractivity contribution in [2.75, 3.05) is 14.2 Å². The summed E-state index contributed by atoms with van der Waals surface area (Å²) in [5.41, 5.74) is 1.37. The van der Waals surface area contributed by atoms with E-state index in [1.807, 2.05) is 12.1 Å². The highest BCUT2D eigenvalue weighted by Gasteiger charge is 2.16. The van der Waals surface area contributed by atoms with Crippen molar-refractivity contribution in [1.82, 2.24) is 0 Å². The molecule has 0 saturated heterocycles. The molecule has 0 radical (unpaired) electrons. The molecule has 3 nitrogen and oxygen atoms in total. The Bertz CT molecular complexity index is 623. The number of ketones is 1. The first-order valence-corrected chi connectivity index (χ1v) is 6.52. The van der Waals surface area contributed by atoms with Gasteiger partial charge in [0.25, 0.3) is 0 Å². The zero-order chi connectivity index (χ0) is 14.5. The van der Waals surface area contributed by atoms with Crippen LogP contribution in [0.4, 0.5) is 0 Å². The molecule has 0 saturated carbocycles. The van der Waals surface area contributed by atoms with Gasteiger partial charge in [-0.25, -0.2) is 0 Å². The smallest absolute Gasteiger partial charge is 0.171 e. The number of halogens is 1. The monoisotopic (exact) mass is 290 g/mol. The van der Waals surface area contributed by atoms with Gasteiger partial charge < -0.3 is 9.47 Å². The van der Waals surface area contributed by atoms with Crippen LogP contribution in [0.25, 0.3) is 0 Å². The predicted molar refractivity (Wildman–Crippen MR) is 79.0 cm³/mol. The fourth-order valence-electron chi connectivity index (χ4n) is 2.03. The van der Waals surface area contributed by atoms with Crippen LogP contribution < -0.4 is 9.47 Å². The third-order valence-electron chi connectivity index (χ3n) is 2.96. The summed E-state index contributed by atoms with van der Waals surface area (Å²) in [4.78, 5) is 12.4. The van der Waals surface area contributed by atoms with E-state index in [0.29, 0.717) is 22.1 Å². The molecular weight excluding hydrogens is 276 g/mol. The Hall–Kier alpha value is -2.00. The molecule has 0 amide bonds. The Labute approximate surface area is 123 Å². The molecule has 0 spiro atoms. The Morgan fingerprint density at radius 1 is 1.10 bits per heavy atom. The van der Waals surface area contributed by atoms with Crippen molar-refractivity contribution in [2.24, 2.45) is 0 Å². The summed E-state index contributed by atoms with van der Waals surface area (Å²) in [6, 6.07) is 12.5. The summed E-state index contributed by atoms with van der Waals surface area (Å²) in [6.07, 6.45) is 0.268. The minimum absolute atomic E-state index is 0.0389. The van der Waals surface area contributed by atoms with Gasteiger partial charge >= 0.3 is 0 Å². The number of ether oxygens (including phenoxy) is 2. The van der Waals surface area contributed by atoms with E-state index < -0.39 is 0 Å². The third kappa shape index (κ3) is 3.11. The highest BCUT2D eigenvalue weighted by atomic mass is 35.5. The van der Waals surface area contributed by atoms with E-state index in [4.69, 9.17) is 21.1 Å². The van der Waals surface area contributed by atoms with Gasteiger partial charge in [0.1, 0.15) is 0 Å². The number of Topliss-reactive ketones (excluding diaryl/α,β-unsaturated/α-hetero) is 1. The number of methoxy groups -OCH3 is 2. The predicted octanol–water partition coefficient (Wildman–Crippen LogP) is 3.78. The Morgan fingerprint density at radius 3 is 2.50 bits per heavy atom. The minimum atomic E-state index is -0.0389. The maximum atomic E-state index is 12.4. The lowest BCUT2D eigenvalue weighted by molar-refractivity contribution is 0.0989. The van der Waals surface area contributed by atoms with Crippen molar-refractivity contribution in [3.63, 3.8) is 0 Å². The van der Waals surface area contributed by atoms with Gasteiger partial charge in [0.2, 0.25) is 0 Å². The molecule has 0 bridgehead atoms. The molecule has 104 valence electrons. The van der Waals surface area contributed by atoms with Gasteiger partial charge in [0.15, 0.2) is 17.3 Å². The van der Waals surface area contributed by atoms with Gasteiger partial charge in [-0.15, -0.1) is 0 Å². The van der Waals surface area contributed by atoms with Crippen LogP contribution in [0.1, 0.15) is 15.9 Å². The quantitative estimate of drug-likeness (QED) is 0.786. The first-order chi connectivity index (χ1) is 9.65. The average Bonchev–Trinajstić information content (AvgIpc) is 2.46. The molecular formula is C16H15ClO3. The van der Waals surface area contributed by atoms with Crippen molar-refractivity contribution < 1.29 is 14.3 Å². The van der Waals surface area contributed by atoms with Crippen LogP contribution in [-0.4, -0.2) is 20.0 Å². The zero-order valence-corrected chi connectivity index (χ0v) is 12.1. The largest absolute Gasteiger partial charge is 0.493 e. The standard InChI is InChI=1S/C16H15ClO3/c1-19-15-8-4-7-13(16(15)20-2)14(18)10-11-5-3-6-12(17)9-11/h3-9H,10H2,1-2H3. The molecule has 0 aliphatic heterocycles. The van der Waals surface area contributed by atoms with E-state index in [-0.39, 0.29) is 12.2 Å². The third-order valence-corrected chi connectivity index (χ3v) is 3.19. The van der Waals surface area contributed by atoms with Crippen LogP contribution in [0, 0.1) is 0 Å². The second-order valence-electron chi connectivity index (χ2n) is 4.27. The van der Waals surface area contributed by atoms with Crippen LogP contribution in [0.3, 0.4) is 0 Å². The molecule has 2 aromatic carbocycles. The Kier molecular flexibility index (Phi) is 4.64. The molecule has 4 heteroatoms. The Balaban J connectivity index is 2.30. The number of rotatable bonds is 5. The lowest BCUT2D eigenvalue weighted by Gasteiger charge is -2.11. The van der Waals surface area contributed by atoms with E-state index >= 15 is 0 Å². The van der Waals surface area contributed by atoms with Gasteiger partial charge in [0, 0.05) is 11.4 Å². The van der Waals surface area contributed by atoms with Crippen LogP contribution in [0.15, 0.2) is 42.5 Å². The molecule has 0 aromatic heterocycles. The summed E-state index contributed by atoms with van der Waals surface area (Å²) in [5, 5.41) is 0.618. The first-order valence-electron chi connectivity index (χ1n) is 6.14. The highest BCUT2D eigenvalue weighted by molar-refractivity contribution is 6.30. The lowest BCUT2D eigenvalue weighted by atomic mass is 10.0. The molecule has 0 fully saturated rings. The summed E-state index contributed by atoms with van der Waals surface area (Å²) in [6.45, 7) is 0. The van der Waals surface area contributed by atoms with Crippen molar-refractivity contribution >= 4 is 17.4 Å². The molecule has 0 unspecified atom stereocenters. The maximum absolute atomic E-state index is 12.4. The number of hydrogen-bond donors (Lipinski definition) is 0. The number of carbonyl (C=O) groups is 1. The van der Waals surface area contributed by atoms with Gasteiger partial charge in [-0.1, -0.05) is 29.8 Å². The maximum Gasteiger partial charge on any atom is 0.171 e. The number of carbonyl (C=O) groups excluding carboxylic acids is 1. The summed E-state index contributed by atoms with van der Waals surface area (Å²) >= 11 is 5.92. The van der Waals surface area contributed by atoms with Crippen molar-refractivity contribution in [1.29, 1.82) is 0 Å². The van der Waals surface area contributed by atoms with Crippen LogP contribution in [-0.2, 0) is 6.42 Å². The fraction of sp³-hybridized carbons (Fsp3) is 0.188. The topological polar surface area (TPSA) is 35.5 Å². The second kappa shape index (κ2) is 6.44. The number of benzene rings is 2. The summed E-state index contributed by atoms with van der Waals surface area (Å²) in [5.74, 6) is 0.967. The minimum Gasteiger partial charge on any atom is -0.493 e. The molecule has 2 aromatic rings. The van der Waals surface area contributed by atoms with Crippen LogP contribution in [0.5, 0.6) is 11.5 Å². The van der Waals surface area contributed by atoms with E-state index in [0.717, 1.165) is 5.56 Å². The highest BCUT2D eigenvalue weighted by Crippen LogP contribution is 2.31. The first kappa shape index (κ1) is 14.4. The second-order valence-corrected chi connectivity index (χ2v) is 4.71. The molecule has 2 rings (SSSR count). The molecule has 0 atom stereocenters. The van der Waals surface area contributed by atoms with E-state index in [2.05, 4.69) is 0 Å². The SMILES string of the molecule is COc1cccc(C(=O)Cc2cccc(Cl)c2)c1OC. The van der Waals surface area contributed by atoms with Gasteiger partial charge in [-0.2, -0.15) is 0 Å². The lowest BCUT2D eigenvalue weighted by Crippen LogP contribution is -2.06. The normalized spacial score (nSPS) is 10.2. The summed E-state index contributed by atoms with van der Waals surface area (Å²) < 4.78 is 10.5.